The summed E-state index contributed by atoms with van der Waals surface area (Å²) in [6, 6.07) is 25.3. The molecule has 29 heavy (non-hydrogen) atoms. The average Bonchev–Trinajstić information content (AvgIpc) is 2.73. The van der Waals surface area contributed by atoms with Crippen molar-refractivity contribution >= 4 is 23.2 Å². The predicted octanol–water partition coefficient (Wildman–Crippen LogP) is 4.95. The number of hydrogen-bond acceptors (Lipinski definition) is 3. The molecule has 0 saturated carbocycles. The molecule has 5 heteroatoms. The fourth-order valence-corrected chi connectivity index (χ4v) is 2.97. The van der Waals surface area contributed by atoms with E-state index in [-0.39, 0.29) is 12.0 Å². The predicted molar refractivity (Wildman–Crippen MR) is 121 cm³/mol. The molecule has 0 atom stereocenters. The fourth-order valence-electron chi connectivity index (χ4n) is 2.80. The van der Waals surface area contributed by atoms with E-state index in [1.54, 1.807) is 12.1 Å². The number of carbonyl (C=O) groups is 1. The Labute approximate surface area is 176 Å². The monoisotopic (exact) mass is 404 g/mol. The van der Waals surface area contributed by atoms with E-state index in [1.165, 1.54) is 0 Å². The Kier molecular flexibility index (Phi) is 6.98. The molecule has 3 aromatic rings. The van der Waals surface area contributed by atoms with Crippen LogP contribution in [0.5, 0.6) is 5.75 Å². The van der Waals surface area contributed by atoms with Crippen LogP contribution < -0.4 is 15.4 Å². The maximum atomic E-state index is 12.4. The van der Waals surface area contributed by atoms with Gasteiger partial charge in [0.1, 0.15) is 5.75 Å². The van der Waals surface area contributed by atoms with Crippen LogP contribution in [0.2, 0.25) is 0 Å². The molecule has 0 unspecified atom stereocenters. The molecule has 0 radical (unpaired) electrons. The summed E-state index contributed by atoms with van der Waals surface area (Å²) in [6.45, 7) is 4.51. The van der Waals surface area contributed by atoms with Gasteiger partial charge in [-0.05, 0) is 67.0 Å². The number of thiocarbonyl (C=S) groups is 1. The van der Waals surface area contributed by atoms with Gasteiger partial charge in [-0.15, -0.1) is 0 Å². The Morgan fingerprint density at radius 2 is 1.52 bits per heavy atom. The number of carbonyl (C=O) groups excluding carboxylic acids is 1. The van der Waals surface area contributed by atoms with Crippen molar-refractivity contribution in [3.8, 4) is 16.9 Å². The zero-order chi connectivity index (χ0) is 20.6. The second kappa shape index (κ2) is 9.85. The molecule has 0 aromatic heterocycles. The summed E-state index contributed by atoms with van der Waals surface area (Å²) < 4.78 is 5.63. The highest BCUT2D eigenvalue weighted by molar-refractivity contribution is 7.80. The van der Waals surface area contributed by atoms with Crippen LogP contribution in [-0.4, -0.2) is 17.1 Å². The van der Waals surface area contributed by atoms with Crippen LogP contribution in [0.1, 0.15) is 29.8 Å². The SMILES string of the molecule is CC(C)Oc1ccc(CNC(=S)NC(=O)c2ccc(-c3ccccc3)cc2)cc1. The Balaban J connectivity index is 1.50. The zero-order valence-corrected chi connectivity index (χ0v) is 17.3. The first-order valence-corrected chi connectivity index (χ1v) is 9.92. The first-order valence-electron chi connectivity index (χ1n) is 9.51. The number of amides is 1. The van der Waals surface area contributed by atoms with Crippen molar-refractivity contribution in [3.05, 3.63) is 90.0 Å². The van der Waals surface area contributed by atoms with Gasteiger partial charge in [0.05, 0.1) is 6.10 Å². The molecule has 0 aliphatic carbocycles. The average molecular weight is 405 g/mol. The molecule has 3 aromatic carbocycles. The quantitative estimate of drug-likeness (QED) is 0.571. The summed E-state index contributed by atoms with van der Waals surface area (Å²) in [7, 11) is 0. The molecule has 0 bridgehead atoms. The van der Waals surface area contributed by atoms with Crippen molar-refractivity contribution < 1.29 is 9.53 Å². The lowest BCUT2D eigenvalue weighted by Gasteiger charge is -2.12. The molecule has 0 spiro atoms. The van der Waals surface area contributed by atoms with Gasteiger partial charge in [0.25, 0.3) is 5.91 Å². The first-order chi connectivity index (χ1) is 14.0. The topological polar surface area (TPSA) is 50.4 Å². The van der Waals surface area contributed by atoms with Crippen molar-refractivity contribution in [2.24, 2.45) is 0 Å². The van der Waals surface area contributed by atoms with Crippen molar-refractivity contribution in [2.75, 3.05) is 0 Å². The second-order valence-corrected chi connectivity index (χ2v) is 7.30. The molecule has 0 aliphatic heterocycles. The van der Waals surface area contributed by atoms with Gasteiger partial charge in [-0.1, -0.05) is 54.6 Å². The van der Waals surface area contributed by atoms with Gasteiger partial charge < -0.3 is 10.1 Å². The van der Waals surface area contributed by atoms with Crippen LogP contribution in [0, 0.1) is 0 Å². The minimum Gasteiger partial charge on any atom is -0.491 e. The van der Waals surface area contributed by atoms with Gasteiger partial charge in [-0.25, -0.2) is 0 Å². The number of rotatable bonds is 6. The van der Waals surface area contributed by atoms with E-state index in [0.29, 0.717) is 17.2 Å². The van der Waals surface area contributed by atoms with Gasteiger partial charge in [0.2, 0.25) is 0 Å². The minimum absolute atomic E-state index is 0.142. The maximum absolute atomic E-state index is 12.4. The molecule has 3 rings (SSSR count). The van der Waals surface area contributed by atoms with E-state index < -0.39 is 0 Å². The molecule has 1 amide bonds. The van der Waals surface area contributed by atoms with Crippen molar-refractivity contribution in [3.63, 3.8) is 0 Å². The van der Waals surface area contributed by atoms with Crippen molar-refractivity contribution in [1.82, 2.24) is 10.6 Å². The maximum Gasteiger partial charge on any atom is 0.257 e. The van der Waals surface area contributed by atoms with Crippen LogP contribution in [-0.2, 0) is 6.54 Å². The van der Waals surface area contributed by atoms with E-state index in [2.05, 4.69) is 10.6 Å². The van der Waals surface area contributed by atoms with Gasteiger partial charge in [-0.3, -0.25) is 10.1 Å². The van der Waals surface area contributed by atoms with Gasteiger partial charge in [0.15, 0.2) is 5.11 Å². The van der Waals surface area contributed by atoms with Crippen LogP contribution in [0.4, 0.5) is 0 Å². The van der Waals surface area contributed by atoms with Crippen molar-refractivity contribution in [2.45, 2.75) is 26.5 Å². The highest BCUT2D eigenvalue weighted by Crippen LogP contribution is 2.19. The third-order valence-corrected chi connectivity index (χ3v) is 4.48. The van der Waals surface area contributed by atoms with Gasteiger partial charge in [-0.2, -0.15) is 0 Å². The lowest BCUT2D eigenvalue weighted by molar-refractivity contribution is 0.0976. The molecule has 2 N–H and O–H groups in total. The molecule has 148 valence electrons. The molecule has 0 aliphatic rings. The summed E-state index contributed by atoms with van der Waals surface area (Å²) in [4.78, 5) is 12.4. The standard InChI is InChI=1S/C24H24N2O2S/c1-17(2)28-22-14-8-18(9-15-22)16-25-24(29)26-23(27)21-12-10-20(11-13-21)19-6-4-3-5-7-19/h3-15,17H,16H2,1-2H3,(H2,25,26,27,29). The summed E-state index contributed by atoms with van der Waals surface area (Å²) in [5.74, 6) is 0.598. The second-order valence-electron chi connectivity index (χ2n) is 6.89. The first kappa shape index (κ1) is 20.6. The lowest BCUT2D eigenvalue weighted by atomic mass is 10.0. The molecule has 0 heterocycles. The number of nitrogens with one attached hydrogen (secondary N) is 2. The Hall–Kier alpha value is -3.18. The van der Waals surface area contributed by atoms with E-state index in [0.717, 1.165) is 22.4 Å². The summed E-state index contributed by atoms with van der Waals surface area (Å²) in [5, 5.41) is 6.07. The lowest BCUT2D eigenvalue weighted by Crippen LogP contribution is -2.38. The van der Waals surface area contributed by atoms with Crippen LogP contribution >= 0.6 is 12.2 Å². The zero-order valence-electron chi connectivity index (χ0n) is 16.5. The highest BCUT2D eigenvalue weighted by atomic mass is 32.1. The summed E-state index contributed by atoms with van der Waals surface area (Å²) in [6.07, 6.45) is 0.142. The molecular formula is C24H24N2O2S. The van der Waals surface area contributed by atoms with Crippen LogP contribution in [0.25, 0.3) is 11.1 Å². The normalized spacial score (nSPS) is 10.4. The number of benzene rings is 3. The summed E-state index contributed by atoms with van der Waals surface area (Å²) >= 11 is 5.25. The van der Waals surface area contributed by atoms with Gasteiger partial charge in [0, 0.05) is 12.1 Å². The third-order valence-electron chi connectivity index (χ3n) is 4.23. The third kappa shape index (κ3) is 6.16. The number of hydrogen-bond donors (Lipinski definition) is 2. The van der Waals surface area contributed by atoms with Crippen molar-refractivity contribution in [1.29, 1.82) is 0 Å². The Bertz CT molecular complexity index is 952. The fraction of sp³-hybridized carbons (Fsp3) is 0.167. The molecule has 0 saturated heterocycles. The number of ether oxygens (including phenoxy) is 1. The van der Waals surface area contributed by atoms with E-state index >= 15 is 0 Å². The smallest absolute Gasteiger partial charge is 0.257 e. The highest BCUT2D eigenvalue weighted by Gasteiger charge is 2.08. The van der Waals surface area contributed by atoms with Crippen LogP contribution in [0.3, 0.4) is 0 Å². The largest absolute Gasteiger partial charge is 0.491 e. The molecular weight excluding hydrogens is 380 g/mol. The Morgan fingerprint density at radius 1 is 0.897 bits per heavy atom. The van der Waals surface area contributed by atoms with E-state index in [9.17, 15) is 4.79 Å². The minimum atomic E-state index is -0.234. The Morgan fingerprint density at radius 3 is 2.14 bits per heavy atom. The van der Waals surface area contributed by atoms with E-state index in [4.69, 9.17) is 17.0 Å². The summed E-state index contributed by atoms with van der Waals surface area (Å²) in [5.41, 5.74) is 3.78. The van der Waals surface area contributed by atoms with E-state index in [1.807, 2.05) is 80.6 Å². The molecule has 4 nitrogen and oxygen atoms in total. The molecule has 0 fully saturated rings. The van der Waals surface area contributed by atoms with Gasteiger partial charge >= 0.3 is 0 Å². The van der Waals surface area contributed by atoms with Crippen LogP contribution in [0.15, 0.2) is 78.9 Å².